The molecule has 6 nitrogen and oxygen atoms in total. The van der Waals surface area contributed by atoms with Crippen LogP contribution in [0.1, 0.15) is 69.2 Å². The first-order chi connectivity index (χ1) is 14.3. The number of amides is 1. The van der Waals surface area contributed by atoms with Crippen LogP contribution < -0.4 is 5.32 Å². The maximum absolute atomic E-state index is 13.1. The van der Waals surface area contributed by atoms with Gasteiger partial charge in [0.2, 0.25) is 5.91 Å². The van der Waals surface area contributed by atoms with Gasteiger partial charge in [0.25, 0.3) is 0 Å². The van der Waals surface area contributed by atoms with Gasteiger partial charge in [0.15, 0.2) is 5.65 Å². The van der Waals surface area contributed by atoms with E-state index in [0.29, 0.717) is 18.0 Å². The predicted octanol–water partition coefficient (Wildman–Crippen LogP) is 3.76. The second-order valence-electron chi connectivity index (χ2n) is 8.56. The molecular weight excluding hydrogens is 395 g/mol. The molecule has 0 bridgehead atoms. The minimum absolute atomic E-state index is 0.0352. The first-order valence-corrected chi connectivity index (χ1v) is 10.8. The van der Waals surface area contributed by atoms with Crippen molar-refractivity contribution < 1.29 is 18.0 Å². The fourth-order valence-corrected chi connectivity index (χ4v) is 4.66. The molecule has 3 heterocycles. The van der Waals surface area contributed by atoms with Gasteiger partial charge in [0.1, 0.15) is 5.82 Å². The molecule has 2 fully saturated rings. The van der Waals surface area contributed by atoms with Gasteiger partial charge >= 0.3 is 6.18 Å². The minimum Gasteiger partial charge on any atom is -0.352 e. The van der Waals surface area contributed by atoms with Gasteiger partial charge in [-0.15, -0.1) is 10.2 Å². The smallest absolute Gasteiger partial charge is 0.352 e. The molecule has 1 aliphatic heterocycles. The molecular formula is C21H28F3N5O. The second-order valence-corrected chi connectivity index (χ2v) is 8.56. The lowest BCUT2D eigenvalue weighted by Gasteiger charge is -2.36. The molecule has 1 saturated heterocycles. The number of carbonyl (C=O) groups excluding carboxylic acids is 1. The van der Waals surface area contributed by atoms with Crippen molar-refractivity contribution in [2.75, 3.05) is 13.1 Å². The molecule has 2 unspecified atom stereocenters. The zero-order valence-electron chi connectivity index (χ0n) is 17.2. The maximum atomic E-state index is 13.1. The Bertz CT molecular complexity index is 890. The van der Waals surface area contributed by atoms with Crippen molar-refractivity contribution >= 4 is 11.6 Å². The molecule has 164 valence electrons. The highest BCUT2D eigenvalue weighted by atomic mass is 19.4. The average Bonchev–Trinajstić information content (AvgIpc) is 3.17. The van der Waals surface area contributed by atoms with Gasteiger partial charge in [-0.05, 0) is 51.3 Å². The van der Waals surface area contributed by atoms with Crippen LogP contribution in [-0.2, 0) is 11.0 Å². The van der Waals surface area contributed by atoms with Crippen molar-refractivity contribution in [1.82, 2.24) is 24.8 Å². The molecule has 2 aromatic heterocycles. The van der Waals surface area contributed by atoms with E-state index in [1.807, 2.05) is 6.92 Å². The topological polar surface area (TPSA) is 62.5 Å². The molecule has 1 amide bonds. The van der Waals surface area contributed by atoms with E-state index in [1.165, 1.54) is 16.9 Å². The van der Waals surface area contributed by atoms with Crippen LogP contribution in [-0.4, -0.2) is 50.6 Å². The molecule has 4 rings (SSSR count). The number of pyridine rings is 1. The van der Waals surface area contributed by atoms with E-state index < -0.39 is 11.7 Å². The van der Waals surface area contributed by atoms with E-state index in [4.69, 9.17) is 0 Å². The summed E-state index contributed by atoms with van der Waals surface area (Å²) in [6, 6.07) is 2.36. The minimum atomic E-state index is -4.42. The first-order valence-electron chi connectivity index (χ1n) is 10.8. The summed E-state index contributed by atoms with van der Waals surface area (Å²) in [5.41, 5.74) is -0.317. The van der Waals surface area contributed by atoms with Gasteiger partial charge in [-0.2, -0.15) is 13.2 Å². The van der Waals surface area contributed by atoms with E-state index >= 15 is 0 Å². The Labute approximate surface area is 173 Å². The molecule has 0 spiro atoms. The van der Waals surface area contributed by atoms with E-state index in [1.54, 1.807) is 0 Å². The highest BCUT2D eigenvalue weighted by Crippen LogP contribution is 2.31. The number of hydrogen-bond donors (Lipinski definition) is 1. The molecule has 1 saturated carbocycles. The van der Waals surface area contributed by atoms with E-state index in [9.17, 15) is 18.0 Å². The number of halogens is 3. The molecule has 0 aromatic carbocycles. The van der Waals surface area contributed by atoms with Crippen molar-refractivity contribution in [3.8, 4) is 0 Å². The van der Waals surface area contributed by atoms with Gasteiger partial charge < -0.3 is 5.32 Å². The molecule has 0 radical (unpaired) electrons. The maximum Gasteiger partial charge on any atom is 0.417 e. The molecule has 30 heavy (non-hydrogen) atoms. The van der Waals surface area contributed by atoms with Crippen molar-refractivity contribution in [3.63, 3.8) is 0 Å². The summed E-state index contributed by atoms with van der Waals surface area (Å²) in [5, 5.41) is 11.4. The van der Waals surface area contributed by atoms with Crippen LogP contribution in [0, 0.1) is 0 Å². The number of fused-ring (bicyclic) bond motifs is 1. The number of likely N-dealkylation sites (tertiary alicyclic amines) is 1. The number of nitrogens with one attached hydrogen (secondary N) is 1. The fraction of sp³-hybridized carbons (Fsp3) is 0.667. The van der Waals surface area contributed by atoms with E-state index in [2.05, 4.69) is 20.4 Å². The van der Waals surface area contributed by atoms with Crippen LogP contribution in [0.2, 0.25) is 0 Å². The summed E-state index contributed by atoms with van der Waals surface area (Å²) in [7, 11) is 0. The summed E-state index contributed by atoms with van der Waals surface area (Å²) in [5.74, 6) is 0.496. The Hall–Kier alpha value is -2.16. The highest BCUT2D eigenvalue weighted by Gasteiger charge is 2.33. The molecule has 2 aromatic rings. The van der Waals surface area contributed by atoms with Crippen molar-refractivity contribution in [2.45, 2.75) is 76.0 Å². The number of rotatable bonds is 4. The number of piperidine rings is 1. The van der Waals surface area contributed by atoms with Gasteiger partial charge in [0.05, 0.1) is 11.6 Å². The Balaban J connectivity index is 1.47. The summed E-state index contributed by atoms with van der Waals surface area (Å²) >= 11 is 0. The van der Waals surface area contributed by atoms with Crippen LogP contribution in [0.4, 0.5) is 13.2 Å². The third kappa shape index (κ3) is 4.45. The Morgan fingerprint density at radius 3 is 2.63 bits per heavy atom. The highest BCUT2D eigenvalue weighted by molar-refractivity contribution is 5.81. The number of aromatic nitrogens is 3. The lowest BCUT2D eigenvalue weighted by molar-refractivity contribution is -0.138. The molecule has 1 aliphatic carbocycles. The largest absolute Gasteiger partial charge is 0.417 e. The first kappa shape index (κ1) is 21.1. The van der Waals surface area contributed by atoms with Gasteiger partial charge in [0, 0.05) is 24.7 Å². The van der Waals surface area contributed by atoms with Crippen LogP contribution >= 0.6 is 0 Å². The number of carbonyl (C=O) groups is 1. The van der Waals surface area contributed by atoms with Crippen molar-refractivity contribution in [3.05, 3.63) is 29.7 Å². The summed E-state index contributed by atoms with van der Waals surface area (Å²) in [6.45, 7) is 3.28. The summed E-state index contributed by atoms with van der Waals surface area (Å²) in [4.78, 5) is 14.9. The van der Waals surface area contributed by atoms with Crippen LogP contribution in [0.25, 0.3) is 5.65 Å². The Kier molecular flexibility index (Phi) is 5.99. The Morgan fingerprint density at radius 2 is 1.90 bits per heavy atom. The third-order valence-corrected chi connectivity index (χ3v) is 6.45. The molecule has 1 N–H and O–H groups in total. The van der Waals surface area contributed by atoms with E-state index in [-0.39, 0.29) is 23.9 Å². The zero-order chi connectivity index (χ0) is 21.3. The SMILES string of the molecule is CC(C(=O)NC1CCCCC1)N1CCCC(c2nnc3ccc(C(F)(F)F)cn23)C1. The normalized spacial score (nSPS) is 22.9. The van der Waals surface area contributed by atoms with Crippen LogP contribution in [0.3, 0.4) is 0 Å². The van der Waals surface area contributed by atoms with Crippen molar-refractivity contribution in [1.29, 1.82) is 0 Å². The summed E-state index contributed by atoms with van der Waals surface area (Å²) < 4.78 is 40.9. The van der Waals surface area contributed by atoms with Gasteiger partial charge in [-0.1, -0.05) is 19.3 Å². The van der Waals surface area contributed by atoms with Crippen molar-refractivity contribution in [2.24, 2.45) is 0 Å². The lowest BCUT2D eigenvalue weighted by Crippen LogP contribution is -2.51. The average molecular weight is 423 g/mol. The summed E-state index contributed by atoms with van der Waals surface area (Å²) in [6.07, 6.45) is 3.95. The second kappa shape index (κ2) is 8.53. The number of hydrogen-bond acceptors (Lipinski definition) is 4. The standard InChI is InChI=1S/C21H28F3N5O/c1-14(20(30)25-17-7-3-2-4-8-17)28-11-5-6-15(12-28)19-27-26-18-10-9-16(13-29(18)19)21(22,23)24/h9-10,13-15,17H,2-8,11-12H2,1H3,(H,25,30). The van der Waals surface area contributed by atoms with Crippen LogP contribution in [0.5, 0.6) is 0 Å². The monoisotopic (exact) mass is 423 g/mol. The third-order valence-electron chi connectivity index (χ3n) is 6.45. The fourth-order valence-electron chi connectivity index (χ4n) is 4.66. The lowest BCUT2D eigenvalue weighted by atomic mass is 9.94. The van der Waals surface area contributed by atoms with Gasteiger partial charge in [-0.25, -0.2) is 0 Å². The molecule has 2 atom stereocenters. The quantitative estimate of drug-likeness (QED) is 0.813. The number of alkyl halides is 3. The predicted molar refractivity (Wildman–Crippen MR) is 106 cm³/mol. The Morgan fingerprint density at radius 1 is 1.13 bits per heavy atom. The zero-order valence-corrected chi connectivity index (χ0v) is 17.2. The van der Waals surface area contributed by atoms with Crippen LogP contribution in [0.15, 0.2) is 18.3 Å². The van der Waals surface area contributed by atoms with Gasteiger partial charge in [-0.3, -0.25) is 14.1 Å². The number of nitrogens with zero attached hydrogens (tertiary/aromatic N) is 4. The van der Waals surface area contributed by atoms with E-state index in [0.717, 1.165) is 57.3 Å². The molecule has 2 aliphatic rings. The molecule has 9 heteroatoms.